The zero-order chi connectivity index (χ0) is 14.8. The van der Waals surface area contributed by atoms with Gasteiger partial charge in [0, 0.05) is 13.1 Å². The van der Waals surface area contributed by atoms with Crippen LogP contribution in [0.5, 0.6) is 0 Å². The number of aromatic nitrogens is 2. The van der Waals surface area contributed by atoms with Gasteiger partial charge in [0.25, 0.3) is 0 Å². The summed E-state index contributed by atoms with van der Waals surface area (Å²) in [6.07, 6.45) is -0.0156. The number of H-pyrrole nitrogens is 1. The summed E-state index contributed by atoms with van der Waals surface area (Å²) in [7, 11) is 1.36. The predicted octanol–water partition coefficient (Wildman–Crippen LogP) is 1.47. The highest BCUT2D eigenvalue weighted by atomic mass is 19.1. The van der Waals surface area contributed by atoms with E-state index in [1.54, 1.807) is 6.07 Å². The number of rotatable bonds is 3. The lowest BCUT2D eigenvalue weighted by Gasteiger charge is -2.32. The van der Waals surface area contributed by atoms with E-state index >= 15 is 0 Å². The van der Waals surface area contributed by atoms with E-state index in [4.69, 9.17) is 4.74 Å². The molecule has 2 heterocycles. The second-order valence-corrected chi connectivity index (χ2v) is 4.94. The van der Waals surface area contributed by atoms with E-state index in [0.717, 1.165) is 0 Å². The van der Waals surface area contributed by atoms with Gasteiger partial charge in [-0.05, 0) is 18.2 Å². The lowest BCUT2D eigenvalue weighted by molar-refractivity contribution is -0.144. The van der Waals surface area contributed by atoms with Crippen molar-refractivity contribution < 1.29 is 18.7 Å². The van der Waals surface area contributed by atoms with Crippen LogP contribution in [-0.4, -0.2) is 48.8 Å². The van der Waals surface area contributed by atoms with Crippen molar-refractivity contribution in [1.82, 2.24) is 9.97 Å². The number of esters is 1. The number of imidazole rings is 1. The first-order valence-electron chi connectivity index (χ1n) is 6.74. The molecule has 1 unspecified atom stereocenters. The van der Waals surface area contributed by atoms with E-state index in [0.29, 0.717) is 36.7 Å². The topological polar surface area (TPSA) is 67.5 Å². The highest BCUT2D eigenvalue weighted by molar-refractivity contribution is 5.77. The number of morpholine rings is 1. The van der Waals surface area contributed by atoms with Crippen molar-refractivity contribution in [3.8, 4) is 0 Å². The van der Waals surface area contributed by atoms with Gasteiger partial charge in [0.2, 0.25) is 5.95 Å². The number of aromatic amines is 1. The molecule has 21 heavy (non-hydrogen) atoms. The van der Waals surface area contributed by atoms with Crippen LogP contribution in [0.4, 0.5) is 10.3 Å². The molecule has 1 saturated heterocycles. The fraction of sp³-hybridized carbons (Fsp3) is 0.429. The van der Waals surface area contributed by atoms with Crippen molar-refractivity contribution in [1.29, 1.82) is 0 Å². The summed E-state index contributed by atoms with van der Waals surface area (Å²) in [5.74, 6) is 0.0607. The number of hydrogen-bond donors (Lipinski definition) is 1. The molecule has 0 bridgehead atoms. The van der Waals surface area contributed by atoms with E-state index in [1.807, 2.05) is 4.90 Å². The lowest BCUT2D eigenvalue weighted by atomic mass is 10.2. The van der Waals surface area contributed by atoms with Crippen LogP contribution in [0.2, 0.25) is 0 Å². The van der Waals surface area contributed by atoms with E-state index < -0.39 is 0 Å². The van der Waals surface area contributed by atoms with E-state index in [2.05, 4.69) is 14.7 Å². The summed E-state index contributed by atoms with van der Waals surface area (Å²) in [5.41, 5.74) is 1.36. The van der Waals surface area contributed by atoms with Crippen LogP contribution in [0.25, 0.3) is 11.0 Å². The normalized spacial score (nSPS) is 19.0. The molecule has 2 aromatic rings. The maximum absolute atomic E-state index is 13.2. The fourth-order valence-corrected chi connectivity index (χ4v) is 2.42. The molecular formula is C14H16FN3O3. The number of nitrogens with zero attached hydrogens (tertiary/aromatic N) is 2. The Balaban J connectivity index is 1.76. The lowest BCUT2D eigenvalue weighted by Crippen LogP contribution is -2.44. The molecule has 0 saturated carbocycles. The summed E-state index contributed by atoms with van der Waals surface area (Å²) in [4.78, 5) is 20.9. The molecule has 112 valence electrons. The zero-order valence-corrected chi connectivity index (χ0v) is 11.6. The summed E-state index contributed by atoms with van der Waals surface area (Å²) in [5, 5.41) is 0. The smallest absolute Gasteiger partial charge is 0.308 e. The summed E-state index contributed by atoms with van der Waals surface area (Å²) >= 11 is 0. The van der Waals surface area contributed by atoms with Gasteiger partial charge >= 0.3 is 5.97 Å². The standard InChI is InChI=1S/C14H16FN3O3/c1-20-13(19)7-10-8-18(4-5-21-10)14-16-11-3-2-9(15)6-12(11)17-14/h2-3,6,10H,4-5,7-8H2,1H3,(H,16,17). The van der Waals surface area contributed by atoms with Crippen molar-refractivity contribution in [3.05, 3.63) is 24.0 Å². The Morgan fingerprint density at radius 3 is 3.29 bits per heavy atom. The third kappa shape index (κ3) is 2.97. The number of nitrogens with one attached hydrogen (secondary N) is 1. The molecule has 1 aliphatic rings. The van der Waals surface area contributed by atoms with E-state index in [1.165, 1.54) is 19.2 Å². The molecule has 1 N–H and O–H groups in total. The molecule has 0 amide bonds. The van der Waals surface area contributed by atoms with Crippen LogP contribution < -0.4 is 4.90 Å². The van der Waals surface area contributed by atoms with Crippen LogP contribution in [0.3, 0.4) is 0 Å². The predicted molar refractivity (Wildman–Crippen MR) is 74.6 cm³/mol. The summed E-state index contributed by atoms with van der Waals surface area (Å²) in [6.45, 7) is 1.71. The minimum Gasteiger partial charge on any atom is -0.469 e. The molecule has 1 aliphatic heterocycles. The van der Waals surface area contributed by atoms with E-state index in [9.17, 15) is 9.18 Å². The minimum absolute atomic E-state index is 0.210. The molecule has 1 aromatic heterocycles. The van der Waals surface area contributed by atoms with Crippen LogP contribution in [0.1, 0.15) is 6.42 Å². The Bertz CT molecular complexity index is 658. The highest BCUT2D eigenvalue weighted by Crippen LogP contribution is 2.21. The number of ether oxygens (including phenoxy) is 2. The van der Waals surface area contributed by atoms with Crippen LogP contribution in [0.15, 0.2) is 18.2 Å². The number of benzene rings is 1. The zero-order valence-electron chi connectivity index (χ0n) is 11.6. The van der Waals surface area contributed by atoms with Gasteiger partial charge in [-0.3, -0.25) is 4.79 Å². The van der Waals surface area contributed by atoms with Crippen molar-refractivity contribution in [2.45, 2.75) is 12.5 Å². The Kier molecular flexibility index (Phi) is 3.74. The molecule has 1 aromatic carbocycles. The molecule has 7 heteroatoms. The van der Waals surface area contributed by atoms with Gasteiger partial charge in [-0.2, -0.15) is 0 Å². The maximum Gasteiger partial charge on any atom is 0.308 e. The van der Waals surface area contributed by atoms with Gasteiger partial charge in [0.15, 0.2) is 0 Å². The molecule has 0 aliphatic carbocycles. The second-order valence-electron chi connectivity index (χ2n) is 4.94. The number of fused-ring (bicyclic) bond motifs is 1. The monoisotopic (exact) mass is 293 g/mol. The van der Waals surface area contributed by atoms with Crippen molar-refractivity contribution in [2.75, 3.05) is 31.7 Å². The van der Waals surface area contributed by atoms with Crippen molar-refractivity contribution in [3.63, 3.8) is 0 Å². The second kappa shape index (κ2) is 5.69. The average molecular weight is 293 g/mol. The maximum atomic E-state index is 13.2. The Labute approximate surface area is 120 Å². The number of methoxy groups -OCH3 is 1. The molecule has 0 spiro atoms. The highest BCUT2D eigenvalue weighted by Gasteiger charge is 2.25. The first-order chi connectivity index (χ1) is 10.2. The summed E-state index contributed by atoms with van der Waals surface area (Å²) in [6, 6.07) is 4.43. The van der Waals surface area contributed by atoms with Gasteiger partial charge in [0.1, 0.15) is 5.82 Å². The van der Waals surface area contributed by atoms with Crippen LogP contribution in [0, 0.1) is 5.82 Å². The number of carbonyl (C=O) groups is 1. The number of hydrogen-bond acceptors (Lipinski definition) is 5. The third-order valence-corrected chi connectivity index (χ3v) is 3.49. The Hall–Kier alpha value is -2.15. The van der Waals surface area contributed by atoms with Crippen LogP contribution >= 0.6 is 0 Å². The minimum atomic E-state index is -0.303. The van der Waals surface area contributed by atoms with Crippen molar-refractivity contribution >= 4 is 23.0 Å². The summed E-state index contributed by atoms with van der Waals surface area (Å²) < 4.78 is 23.4. The number of carbonyl (C=O) groups excluding carboxylic acids is 1. The fourth-order valence-electron chi connectivity index (χ4n) is 2.42. The third-order valence-electron chi connectivity index (χ3n) is 3.49. The van der Waals surface area contributed by atoms with Gasteiger partial charge in [0.05, 0.1) is 37.3 Å². The first kappa shape index (κ1) is 13.8. The van der Waals surface area contributed by atoms with Crippen molar-refractivity contribution in [2.24, 2.45) is 0 Å². The SMILES string of the molecule is COC(=O)CC1CN(c2nc3ccc(F)cc3[nH]2)CCO1. The van der Waals surface area contributed by atoms with Gasteiger partial charge in [-0.1, -0.05) is 0 Å². The average Bonchev–Trinajstić information content (AvgIpc) is 2.90. The molecule has 1 atom stereocenters. The number of halogens is 1. The molecule has 0 radical (unpaired) electrons. The Morgan fingerprint density at radius 1 is 1.62 bits per heavy atom. The first-order valence-corrected chi connectivity index (χ1v) is 6.74. The van der Waals surface area contributed by atoms with Gasteiger partial charge in [-0.25, -0.2) is 9.37 Å². The van der Waals surface area contributed by atoms with Gasteiger partial charge < -0.3 is 19.4 Å². The molecule has 1 fully saturated rings. The quantitative estimate of drug-likeness (QED) is 0.868. The van der Waals surface area contributed by atoms with E-state index in [-0.39, 0.29) is 24.3 Å². The van der Waals surface area contributed by atoms with Gasteiger partial charge in [-0.15, -0.1) is 0 Å². The molecular weight excluding hydrogens is 277 g/mol. The van der Waals surface area contributed by atoms with Crippen LogP contribution in [-0.2, 0) is 14.3 Å². The molecule has 3 rings (SSSR count). The molecule has 6 nitrogen and oxygen atoms in total. The largest absolute Gasteiger partial charge is 0.469 e. The number of anilines is 1. The Morgan fingerprint density at radius 2 is 2.48 bits per heavy atom.